The van der Waals surface area contributed by atoms with Gasteiger partial charge in [0, 0.05) is 0 Å². The molecule has 0 radical (unpaired) electrons. The van der Waals surface area contributed by atoms with Gasteiger partial charge in [-0.1, -0.05) is 58.0 Å². The molecule has 0 aliphatic heterocycles. The van der Waals surface area contributed by atoms with Gasteiger partial charge in [0.25, 0.3) is 0 Å². The van der Waals surface area contributed by atoms with E-state index in [9.17, 15) is 4.57 Å². The molecule has 0 amide bonds. The average Bonchev–Trinajstić information content (AvgIpc) is 2.13. The summed E-state index contributed by atoms with van der Waals surface area (Å²) in [6.45, 7) is -0.531. The molecule has 0 fully saturated rings. The van der Waals surface area contributed by atoms with Crippen molar-refractivity contribution in [2.45, 2.75) is 3.79 Å². The Bertz CT molecular complexity index is 300. The first kappa shape index (κ1) is 18.1. The summed E-state index contributed by atoms with van der Waals surface area (Å²) in [5.74, 6) is 0. The first-order valence-corrected chi connectivity index (χ1v) is 6.93. The second-order valence-electron chi connectivity index (χ2n) is 2.15. The molecule has 0 saturated carbocycles. The average molecular weight is 370 g/mol. The molecule has 0 saturated heterocycles. The van der Waals surface area contributed by atoms with Gasteiger partial charge in [-0.25, -0.2) is 14.3 Å². The molecule has 0 aliphatic carbocycles. The number of rotatable bonds is 7. The molecule has 0 aromatic carbocycles. The van der Waals surface area contributed by atoms with Gasteiger partial charge in [0.15, 0.2) is 0 Å². The highest BCUT2D eigenvalue weighted by molar-refractivity contribution is 7.48. The minimum atomic E-state index is -4.22. The monoisotopic (exact) mass is 368 g/mol. The van der Waals surface area contributed by atoms with Crippen LogP contribution in [0.5, 0.6) is 0 Å². The molecular formula is C5H6Cl5O6P. The standard InChI is InChI=1S/C5H6Cl5O6P/c1-12-15-17(11,14-2-4(6)7)16-13-3-5(8,9)10/h2H,3H2,1H3. The van der Waals surface area contributed by atoms with Crippen molar-refractivity contribution in [2.24, 2.45) is 0 Å². The molecule has 0 aromatic heterocycles. The summed E-state index contributed by atoms with van der Waals surface area (Å²) in [7, 11) is -3.17. The number of hydrogen-bond acceptors (Lipinski definition) is 6. The summed E-state index contributed by atoms with van der Waals surface area (Å²) in [6, 6.07) is 0. The van der Waals surface area contributed by atoms with Crippen LogP contribution in [-0.2, 0) is 28.2 Å². The summed E-state index contributed by atoms with van der Waals surface area (Å²) >= 11 is 26.4. The molecule has 0 aliphatic rings. The molecule has 0 rings (SSSR count). The number of phosphoric acid groups is 1. The Labute approximate surface area is 122 Å². The van der Waals surface area contributed by atoms with Gasteiger partial charge in [0.1, 0.15) is 17.4 Å². The predicted octanol–water partition coefficient (Wildman–Crippen LogP) is 4.28. The molecule has 0 bridgehead atoms. The summed E-state index contributed by atoms with van der Waals surface area (Å²) in [5, 5.41) is 0. The molecular weight excluding hydrogens is 364 g/mol. The lowest BCUT2D eigenvalue weighted by Gasteiger charge is -2.14. The van der Waals surface area contributed by atoms with E-state index in [1.54, 1.807) is 0 Å². The molecule has 6 nitrogen and oxygen atoms in total. The Morgan fingerprint density at radius 3 is 2.29 bits per heavy atom. The van der Waals surface area contributed by atoms with Gasteiger partial charge in [-0.15, -0.1) is 9.35 Å². The normalized spacial score (nSPS) is 15.2. The Hall–Kier alpha value is 1.06. The van der Waals surface area contributed by atoms with Crippen LogP contribution < -0.4 is 0 Å². The third-order valence-corrected chi connectivity index (χ3v) is 2.29. The van der Waals surface area contributed by atoms with Crippen LogP contribution in [0.15, 0.2) is 10.8 Å². The van der Waals surface area contributed by atoms with Crippen molar-refractivity contribution in [3.63, 3.8) is 0 Å². The lowest BCUT2D eigenvalue weighted by atomic mass is 10.8. The predicted molar refractivity (Wildman–Crippen MR) is 63.9 cm³/mol. The Morgan fingerprint density at radius 2 is 1.88 bits per heavy atom. The zero-order valence-corrected chi connectivity index (χ0v) is 12.7. The van der Waals surface area contributed by atoms with Gasteiger partial charge in [0.2, 0.25) is 3.79 Å². The fourth-order valence-corrected chi connectivity index (χ4v) is 1.44. The van der Waals surface area contributed by atoms with Crippen LogP contribution in [0.2, 0.25) is 0 Å². The fourth-order valence-electron chi connectivity index (χ4n) is 0.401. The van der Waals surface area contributed by atoms with Crippen molar-refractivity contribution in [3.8, 4) is 0 Å². The molecule has 0 aromatic rings. The minimum absolute atomic E-state index is 0.338. The van der Waals surface area contributed by atoms with E-state index >= 15 is 0 Å². The van der Waals surface area contributed by atoms with Crippen molar-refractivity contribution in [1.29, 1.82) is 0 Å². The van der Waals surface area contributed by atoms with Crippen LogP contribution in [0.3, 0.4) is 0 Å². The van der Waals surface area contributed by atoms with E-state index < -0.39 is 18.2 Å². The quantitative estimate of drug-likeness (QED) is 0.219. The highest BCUT2D eigenvalue weighted by Crippen LogP contribution is 2.50. The smallest absolute Gasteiger partial charge is 0.406 e. The van der Waals surface area contributed by atoms with E-state index in [1.165, 1.54) is 0 Å². The Morgan fingerprint density at radius 1 is 1.29 bits per heavy atom. The number of alkyl halides is 3. The zero-order valence-electron chi connectivity index (χ0n) is 8.07. The summed E-state index contributed by atoms with van der Waals surface area (Å²) in [6.07, 6.45) is 0.682. The maximum atomic E-state index is 11.6. The van der Waals surface area contributed by atoms with Crippen molar-refractivity contribution in [1.82, 2.24) is 0 Å². The molecule has 1 atom stereocenters. The maximum absolute atomic E-state index is 11.6. The highest BCUT2D eigenvalue weighted by atomic mass is 35.6. The second-order valence-corrected chi connectivity index (χ2v) is 7.08. The van der Waals surface area contributed by atoms with Crippen LogP contribution in [0.1, 0.15) is 0 Å². The van der Waals surface area contributed by atoms with Gasteiger partial charge >= 0.3 is 7.82 Å². The maximum Gasteiger partial charge on any atom is 0.585 e. The number of halogens is 5. The Kier molecular flexibility index (Phi) is 8.79. The summed E-state index contributed by atoms with van der Waals surface area (Å²) < 4.78 is 22.4. The van der Waals surface area contributed by atoms with Gasteiger partial charge < -0.3 is 4.52 Å². The molecule has 0 heterocycles. The SMILES string of the molecule is COOP(=O)(OC=C(Cl)Cl)OOCC(Cl)(Cl)Cl. The van der Waals surface area contributed by atoms with Crippen LogP contribution in [0, 0.1) is 0 Å². The van der Waals surface area contributed by atoms with E-state index in [0.29, 0.717) is 6.26 Å². The molecule has 17 heavy (non-hydrogen) atoms. The lowest BCUT2D eigenvalue weighted by molar-refractivity contribution is -0.268. The van der Waals surface area contributed by atoms with Crippen molar-refractivity contribution < 1.29 is 28.2 Å². The van der Waals surface area contributed by atoms with Crippen molar-refractivity contribution in [2.75, 3.05) is 13.7 Å². The van der Waals surface area contributed by atoms with E-state index in [0.717, 1.165) is 7.11 Å². The van der Waals surface area contributed by atoms with Crippen LogP contribution in [0.25, 0.3) is 0 Å². The number of hydrogen-bond donors (Lipinski definition) is 0. The highest BCUT2D eigenvalue weighted by Gasteiger charge is 2.32. The molecule has 0 N–H and O–H groups in total. The van der Waals surface area contributed by atoms with Crippen LogP contribution in [-0.4, -0.2) is 17.5 Å². The molecule has 1 unspecified atom stereocenters. The van der Waals surface area contributed by atoms with E-state index in [1.807, 2.05) is 0 Å². The minimum Gasteiger partial charge on any atom is -0.406 e. The van der Waals surface area contributed by atoms with Gasteiger partial charge in [-0.2, -0.15) is 0 Å². The van der Waals surface area contributed by atoms with Crippen molar-refractivity contribution >= 4 is 65.8 Å². The van der Waals surface area contributed by atoms with Gasteiger partial charge in [0.05, 0.1) is 7.11 Å². The summed E-state index contributed by atoms with van der Waals surface area (Å²) in [4.78, 5) is 8.46. The largest absolute Gasteiger partial charge is 0.585 e. The third-order valence-electron chi connectivity index (χ3n) is 0.803. The van der Waals surface area contributed by atoms with E-state index in [-0.39, 0.29) is 4.49 Å². The Balaban J connectivity index is 4.31. The first-order valence-electron chi connectivity index (χ1n) is 3.58. The third kappa shape index (κ3) is 10.7. The molecule has 0 spiro atoms. The summed E-state index contributed by atoms with van der Waals surface area (Å²) in [5.41, 5.74) is 0. The zero-order chi connectivity index (χ0) is 13.5. The van der Waals surface area contributed by atoms with Crippen LogP contribution in [0.4, 0.5) is 0 Å². The lowest BCUT2D eigenvalue weighted by Crippen LogP contribution is -2.13. The van der Waals surface area contributed by atoms with Crippen LogP contribution >= 0.6 is 65.8 Å². The van der Waals surface area contributed by atoms with Crippen molar-refractivity contribution in [3.05, 3.63) is 10.8 Å². The van der Waals surface area contributed by atoms with E-state index in [2.05, 4.69) is 23.6 Å². The van der Waals surface area contributed by atoms with Gasteiger partial charge in [-0.3, -0.25) is 0 Å². The first-order chi connectivity index (χ1) is 7.68. The second kappa shape index (κ2) is 8.27. The fraction of sp³-hybridized carbons (Fsp3) is 0.600. The molecule has 12 heteroatoms. The van der Waals surface area contributed by atoms with Gasteiger partial charge in [-0.05, 0) is 0 Å². The van der Waals surface area contributed by atoms with E-state index in [4.69, 9.17) is 58.0 Å². The molecule has 102 valence electrons. The topological polar surface area (TPSA) is 63.2 Å².